The molecule has 0 spiro atoms. The molecule has 0 bridgehead atoms. The van der Waals surface area contributed by atoms with Gasteiger partial charge in [-0.05, 0) is 37.6 Å². The fourth-order valence-corrected chi connectivity index (χ4v) is 2.77. The standard InChI is InChI=1S/C19H16FN5O/c1-11-3-5-13(6-4-11)16-10-17-23-24-19(26)25(17)18(22-16)21-15-8-7-14(20)9-12(15)2/h3-10H,1-2H3,(H,21,22)(H,24,26). The SMILES string of the molecule is Cc1ccc(-c2cc3n[nH]c(=O)n3c(Nc3ccc(F)cc3C)n2)cc1. The van der Waals surface area contributed by atoms with Crippen molar-refractivity contribution in [1.82, 2.24) is 19.6 Å². The van der Waals surface area contributed by atoms with E-state index in [0.29, 0.717) is 28.5 Å². The van der Waals surface area contributed by atoms with Crippen molar-refractivity contribution in [2.45, 2.75) is 13.8 Å². The molecule has 0 aliphatic carbocycles. The van der Waals surface area contributed by atoms with Crippen LogP contribution in [0.2, 0.25) is 0 Å². The minimum Gasteiger partial charge on any atom is -0.325 e. The van der Waals surface area contributed by atoms with Gasteiger partial charge in [0.05, 0.1) is 5.69 Å². The quantitative estimate of drug-likeness (QED) is 0.593. The molecule has 2 heterocycles. The highest BCUT2D eigenvalue weighted by molar-refractivity contribution is 5.68. The molecule has 0 radical (unpaired) electrons. The summed E-state index contributed by atoms with van der Waals surface area (Å²) in [6.45, 7) is 3.79. The molecule has 4 aromatic rings. The monoisotopic (exact) mass is 349 g/mol. The lowest BCUT2D eigenvalue weighted by molar-refractivity contribution is 0.627. The highest BCUT2D eigenvalue weighted by Gasteiger charge is 2.13. The Morgan fingerprint density at radius 3 is 2.58 bits per heavy atom. The summed E-state index contributed by atoms with van der Waals surface area (Å²) in [5.41, 5.74) is 4.15. The zero-order valence-electron chi connectivity index (χ0n) is 14.2. The first-order chi connectivity index (χ1) is 12.5. The molecule has 2 aromatic carbocycles. The van der Waals surface area contributed by atoms with Crippen molar-refractivity contribution < 1.29 is 4.39 Å². The van der Waals surface area contributed by atoms with Crippen LogP contribution < -0.4 is 11.0 Å². The molecule has 0 fully saturated rings. The molecule has 0 aliphatic heterocycles. The van der Waals surface area contributed by atoms with Crippen molar-refractivity contribution in [3.05, 3.63) is 76.0 Å². The molecule has 6 nitrogen and oxygen atoms in total. The third-order valence-electron chi connectivity index (χ3n) is 4.18. The Balaban J connectivity index is 1.87. The van der Waals surface area contributed by atoms with Gasteiger partial charge < -0.3 is 5.32 Å². The van der Waals surface area contributed by atoms with E-state index in [1.165, 1.54) is 16.5 Å². The summed E-state index contributed by atoms with van der Waals surface area (Å²) in [6, 6.07) is 14.0. The first kappa shape index (κ1) is 16.0. The minimum atomic E-state index is -0.398. The maximum absolute atomic E-state index is 13.4. The highest BCUT2D eigenvalue weighted by atomic mass is 19.1. The van der Waals surface area contributed by atoms with Crippen LogP contribution in [0.1, 0.15) is 11.1 Å². The van der Waals surface area contributed by atoms with E-state index >= 15 is 0 Å². The summed E-state index contributed by atoms with van der Waals surface area (Å²) in [6.07, 6.45) is 0. The van der Waals surface area contributed by atoms with Crippen LogP contribution in [0.4, 0.5) is 16.0 Å². The normalized spacial score (nSPS) is 11.0. The Morgan fingerprint density at radius 1 is 1.08 bits per heavy atom. The highest BCUT2D eigenvalue weighted by Crippen LogP contribution is 2.24. The Labute approximate surface area is 148 Å². The van der Waals surface area contributed by atoms with Gasteiger partial charge in [0.25, 0.3) is 0 Å². The zero-order valence-corrected chi connectivity index (χ0v) is 14.2. The largest absolute Gasteiger partial charge is 0.350 e. The van der Waals surface area contributed by atoms with Gasteiger partial charge in [0.15, 0.2) is 5.65 Å². The van der Waals surface area contributed by atoms with Gasteiger partial charge in [0.2, 0.25) is 5.95 Å². The molecule has 0 unspecified atom stereocenters. The van der Waals surface area contributed by atoms with Gasteiger partial charge in [0.1, 0.15) is 5.82 Å². The first-order valence-electron chi connectivity index (χ1n) is 8.10. The van der Waals surface area contributed by atoms with Gasteiger partial charge in [-0.3, -0.25) is 0 Å². The number of H-pyrrole nitrogens is 1. The van der Waals surface area contributed by atoms with Crippen molar-refractivity contribution in [2.24, 2.45) is 0 Å². The number of aryl methyl sites for hydroxylation is 2. The molecule has 0 amide bonds. The summed E-state index contributed by atoms with van der Waals surface area (Å²) in [5, 5.41) is 9.59. The van der Waals surface area contributed by atoms with Gasteiger partial charge >= 0.3 is 5.69 Å². The van der Waals surface area contributed by atoms with Crippen molar-refractivity contribution in [2.75, 3.05) is 5.32 Å². The average molecular weight is 349 g/mol. The van der Waals surface area contributed by atoms with Crippen LogP contribution in [0.3, 0.4) is 0 Å². The minimum absolute atomic E-state index is 0.312. The molecule has 4 rings (SSSR count). The second-order valence-corrected chi connectivity index (χ2v) is 6.14. The van der Waals surface area contributed by atoms with Crippen LogP contribution in [0.5, 0.6) is 0 Å². The Morgan fingerprint density at radius 2 is 1.85 bits per heavy atom. The van der Waals surface area contributed by atoms with Gasteiger partial charge in [-0.2, -0.15) is 5.10 Å². The van der Waals surface area contributed by atoms with Crippen LogP contribution in [0.25, 0.3) is 16.9 Å². The maximum atomic E-state index is 13.4. The molecule has 2 aromatic heterocycles. The molecular weight excluding hydrogens is 333 g/mol. The molecular formula is C19H16FN5O. The van der Waals surface area contributed by atoms with Crippen LogP contribution in [-0.4, -0.2) is 19.6 Å². The fraction of sp³-hybridized carbons (Fsp3) is 0.105. The van der Waals surface area contributed by atoms with Crippen molar-refractivity contribution in [3.8, 4) is 11.3 Å². The number of hydrogen-bond donors (Lipinski definition) is 2. The smallest absolute Gasteiger partial charge is 0.325 e. The van der Waals surface area contributed by atoms with E-state index in [0.717, 1.165) is 11.1 Å². The van der Waals surface area contributed by atoms with E-state index in [1.807, 2.05) is 31.2 Å². The summed E-state index contributed by atoms with van der Waals surface area (Å²) in [5.74, 6) is -0.00780. The summed E-state index contributed by atoms with van der Waals surface area (Å²) in [4.78, 5) is 16.7. The molecule has 0 saturated heterocycles. The van der Waals surface area contributed by atoms with Crippen molar-refractivity contribution >= 4 is 17.3 Å². The third kappa shape index (κ3) is 2.83. The Bertz CT molecular complexity index is 1160. The molecule has 0 saturated carbocycles. The number of hydrogen-bond acceptors (Lipinski definition) is 4. The van der Waals surface area contributed by atoms with E-state index in [4.69, 9.17) is 0 Å². The lowest BCUT2D eigenvalue weighted by Gasteiger charge is -2.12. The number of aromatic amines is 1. The predicted molar refractivity (Wildman–Crippen MR) is 98.2 cm³/mol. The molecule has 0 atom stereocenters. The zero-order chi connectivity index (χ0) is 18.3. The van der Waals surface area contributed by atoms with E-state index < -0.39 is 5.69 Å². The Kier molecular flexibility index (Phi) is 3.76. The van der Waals surface area contributed by atoms with Gasteiger partial charge in [-0.15, -0.1) is 0 Å². The molecule has 0 aliphatic rings. The second kappa shape index (κ2) is 6.11. The topological polar surface area (TPSA) is 75.1 Å². The lowest BCUT2D eigenvalue weighted by Crippen LogP contribution is -2.15. The molecule has 7 heteroatoms. The van der Waals surface area contributed by atoms with Crippen LogP contribution in [0, 0.1) is 19.7 Å². The number of nitrogens with zero attached hydrogens (tertiary/aromatic N) is 3. The summed E-state index contributed by atoms with van der Waals surface area (Å²) < 4.78 is 14.7. The summed E-state index contributed by atoms with van der Waals surface area (Å²) in [7, 11) is 0. The van der Waals surface area contributed by atoms with E-state index in [-0.39, 0.29) is 5.82 Å². The fourth-order valence-electron chi connectivity index (χ4n) is 2.77. The molecule has 130 valence electrons. The number of aromatic nitrogens is 4. The molecule has 2 N–H and O–H groups in total. The predicted octanol–water partition coefficient (Wildman–Crippen LogP) is 3.58. The van der Waals surface area contributed by atoms with Crippen LogP contribution in [0.15, 0.2) is 53.3 Å². The number of fused-ring (bicyclic) bond motifs is 1. The molecule has 26 heavy (non-hydrogen) atoms. The average Bonchev–Trinajstić information content (AvgIpc) is 2.99. The van der Waals surface area contributed by atoms with Crippen LogP contribution >= 0.6 is 0 Å². The second-order valence-electron chi connectivity index (χ2n) is 6.14. The lowest BCUT2D eigenvalue weighted by atomic mass is 10.1. The number of benzene rings is 2. The van der Waals surface area contributed by atoms with E-state index in [2.05, 4.69) is 20.5 Å². The Hall–Kier alpha value is -3.48. The summed E-state index contributed by atoms with van der Waals surface area (Å²) >= 11 is 0. The van der Waals surface area contributed by atoms with Gasteiger partial charge in [0, 0.05) is 17.3 Å². The number of nitrogens with one attached hydrogen (secondary N) is 2. The third-order valence-corrected chi connectivity index (χ3v) is 4.18. The number of anilines is 2. The first-order valence-corrected chi connectivity index (χ1v) is 8.10. The number of halogens is 1. The van der Waals surface area contributed by atoms with Gasteiger partial charge in [-0.1, -0.05) is 29.8 Å². The van der Waals surface area contributed by atoms with E-state index in [1.54, 1.807) is 19.1 Å². The number of rotatable bonds is 3. The van der Waals surface area contributed by atoms with Crippen LogP contribution in [-0.2, 0) is 0 Å². The maximum Gasteiger partial charge on any atom is 0.350 e. The van der Waals surface area contributed by atoms with Crippen molar-refractivity contribution in [1.29, 1.82) is 0 Å². The van der Waals surface area contributed by atoms with E-state index in [9.17, 15) is 9.18 Å². The van der Waals surface area contributed by atoms with Gasteiger partial charge in [-0.25, -0.2) is 23.7 Å². The van der Waals surface area contributed by atoms with Crippen molar-refractivity contribution in [3.63, 3.8) is 0 Å².